The van der Waals surface area contributed by atoms with E-state index in [0.29, 0.717) is 25.1 Å². The van der Waals surface area contributed by atoms with Gasteiger partial charge in [-0.15, -0.1) is 0 Å². The lowest BCUT2D eigenvalue weighted by Gasteiger charge is -2.33. The van der Waals surface area contributed by atoms with Gasteiger partial charge in [0.15, 0.2) is 0 Å². The Balaban J connectivity index is 1.87. The van der Waals surface area contributed by atoms with Crippen molar-refractivity contribution < 1.29 is 18.0 Å². The Morgan fingerprint density at radius 1 is 1.03 bits per heavy atom. The van der Waals surface area contributed by atoms with Crippen molar-refractivity contribution in [3.05, 3.63) is 65.7 Å². The summed E-state index contributed by atoms with van der Waals surface area (Å²) in [6.07, 6.45) is 6.22. The maximum absolute atomic E-state index is 13.7. The average molecular weight is 500 g/mol. The molecule has 0 radical (unpaired) electrons. The molecule has 190 valence electrons. The van der Waals surface area contributed by atoms with Crippen molar-refractivity contribution in [1.82, 2.24) is 10.2 Å². The Morgan fingerprint density at radius 2 is 1.66 bits per heavy atom. The van der Waals surface area contributed by atoms with Gasteiger partial charge >= 0.3 is 0 Å². The van der Waals surface area contributed by atoms with E-state index in [0.717, 1.165) is 47.4 Å². The molecule has 2 amide bonds. The fourth-order valence-electron chi connectivity index (χ4n) is 4.70. The number of rotatable bonds is 11. The number of hydrogen-bond donors (Lipinski definition) is 1. The minimum atomic E-state index is -3.72. The second-order valence-corrected chi connectivity index (χ2v) is 11.2. The summed E-state index contributed by atoms with van der Waals surface area (Å²) in [5.41, 5.74) is 2.28. The van der Waals surface area contributed by atoms with E-state index in [1.807, 2.05) is 56.3 Å². The molecule has 1 N–H and O–H groups in total. The highest BCUT2D eigenvalue weighted by Gasteiger charge is 2.32. The molecule has 3 rings (SSSR count). The minimum Gasteiger partial charge on any atom is -0.352 e. The van der Waals surface area contributed by atoms with Gasteiger partial charge in [-0.25, -0.2) is 8.42 Å². The molecule has 2 aromatic carbocycles. The molecule has 0 aromatic heterocycles. The number of nitrogens with zero attached hydrogens (tertiary/aromatic N) is 2. The number of para-hydroxylation sites is 1. The Hall–Kier alpha value is -2.87. The summed E-state index contributed by atoms with van der Waals surface area (Å²) in [6.45, 7) is 3.67. The number of carbonyl (C=O) groups is 2. The lowest BCUT2D eigenvalue weighted by molar-refractivity contribution is -0.139. The van der Waals surface area contributed by atoms with E-state index < -0.39 is 16.1 Å². The molecule has 0 heterocycles. The highest BCUT2D eigenvalue weighted by Crippen LogP contribution is 2.23. The normalized spacial score (nSPS) is 14.9. The second-order valence-electron chi connectivity index (χ2n) is 9.29. The van der Waals surface area contributed by atoms with Gasteiger partial charge in [-0.2, -0.15) is 0 Å². The molecule has 1 aliphatic rings. The number of hydrogen-bond acceptors (Lipinski definition) is 4. The van der Waals surface area contributed by atoms with Gasteiger partial charge in [0, 0.05) is 12.6 Å². The van der Waals surface area contributed by atoms with Crippen LogP contribution in [0.3, 0.4) is 0 Å². The number of anilines is 1. The zero-order valence-corrected chi connectivity index (χ0v) is 21.8. The first-order chi connectivity index (χ1) is 16.7. The van der Waals surface area contributed by atoms with Crippen molar-refractivity contribution >= 4 is 27.5 Å². The van der Waals surface area contributed by atoms with Gasteiger partial charge in [0.1, 0.15) is 12.6 Å². The molecular formula is C27H37N3O4S. The summed E-state index contributed by atoms with van der Waals surface area (Å²) in [7, 11) is -3.72. The monoisotopic (exact) mass is 499 g/mol. The lowest BCUT2D eigenvalue weighted by Crippen LogP contribution is -2.54. The van der Waals surface area contributed by atoms with Gasteiger partial charge in [0.05, 0.1) is 11.9 Å². The fourth-order valence-corrected chi connectivity index (χ4v) is 5.61. The van der Waals surface area contributed by atoms with Crippen LogP contribution >= 0.6 is 0 Å². The molecule has 35 heavy (non-hydrogen) atoms. The first-order valence-corrected chi connectivity index (χ1v) is 14.2. The van der Waals surface area contributed by atoms with E-state index in [4.69, 9.17) is 0 Å². The first kappa shape index (κ1) is 26.7. The highest BCUT2D eigenvalue weighted by molar-refractivity contribution is 7.92. The zero-order chi connectivity index (χ0) is 25.4. The average Bonchev–Trinajstić information content (AvgIpc) is 3.33. The number of carbonyl (C=O) groups excluding carboxylic acids is 2. The number of benzene rings is 2. The SMILES string of the molecule is CC[C@H](C(=O)NC1CCCC1)N(CCc1ccccc1)C(=O)CN(c1ccccc1C)S(C)(=O)=O. The molecule has 1 saturated carbocycles. The summed E-state index contributed by atoms with van der Waals surface area (Å²) < 4.78 is 26.5. The third-order valence-corrected chi connectivity index (χ3v) is 7.76. The second kappa shape index (κ2) is 12.2. The molecule has 0 bridgehead atoms. The molecular weight excluding hydrogens is 462 g/mol. The molecule has 0 saturated heterocycles. The fraction of sp³-hybridized carbons (Fsp3) is 0.481. The number of sulfonamides is 1. The molecule has 8 heteroatoms. The standard InChI is InChI=1S/C27H37N3O4S/c1-4-24(27(32)28-23-15-9-10-16-23)29(19-18-22-13-6-5-7-14-22)26(31)20-30(35(3,33)34)25-17-11-8-12-21(25)2/h5-8,11-14,17,23-24H,4,9-10,15-16,18-20H2,1-3H3,(H,28,32)/t24-/m1/s1. The maximum atomic E-state index is 13.7. The smallest absolute Gasteiger partial charge is 0.244 e. The number of aryl methyl sites for hydroxylation is 1. The predicted molar refractivity (Wildman–Crippen MR) is 140 cm³/mol. The molecule has 2 aromatic rings. The van der Waals surface area contributed by atoms with E-state index >= 15 is 0 Å². The van der Waals surface area contributed by atoms with Crippen molar-refractivity contribution in [3.63, 3.8) is 0 Å². The molecule has 0 aliphatic heterocycles. The van der Waals surface area contributed by atoms with Crippen LogP contribution in [0.5, 0.6) is 0 Å². The molecule has 0 unspecified atom stereocenters. The number of amides is 2. The van der Waals surface area contributed by atoms with E-state index in [1.54, 1.807) is 17.0 Å². The van der Waals surface area contributed by atoms with Crippen LogP contribution in [0.25, 0.3) is 0 Å². The minimum absolute atomic E-state index is 0.141. The van der Waals surface area contributed by atoms with Gasteiger partial charge in [-0.05, 0) is 49.8 Å². The van der Waals surface area contributed by atoms with Crippen molar-refractivity contribution in [2.75, 3.05) is 23.7 Å². The molecule has 7 nitrogen and oxygen atoms in total. The third kappa shape index (κ3) is 7.31. The zero-order valence-electron chi connectivity index (χ0n) is 20.9. The van der Waals surface area contributed by atoms with Crippen LogP contribution in [-0.4, -0.2) is 56.6 Å². The number of nitrogens with one attached hydrogen (secondary N) is 1. The largest absolute Gasteiger partial charge is 0.352 e. The molecule has 0 spiro atoms. The third-order valence-electron chi connectivity index (χ3n) is 6.64. The first-order valence-electron chi connectivity index (χ1n) is 12.4. The molecule has 1 atom stereocenters. The van der Waals surface area contributed by atoms with Crippen molar-refractivity contribution in [1.29, 1.82) is 0 Å². The summed E-state index contributed by atoms with van der Waals surface area (Å²) in [4.78, 5) is 28.5. The van der Waals surface area contributed by atoms with Gasteiger partial charge in [-0.3, -0.25) is 13.9 Å². The summed E-state index contributed by atoms with van der Waals surface area (Å²) in [5.74, 6) is -0.550. The Labute approximate surface area is 209 Å². The van der Waals surface area contributed by atoms with Crippen LogP contribution in [0.2, 0.25) is 0 Å². The van der Waals surface area contributed by atoms with Crippen LogP contribution in [-0.2, 0) is 26.0 Å². The van der Waals surface area contributed by atoms with Crippen LogP contribution in [0.15, 0.2) is 54.6 Å². The van der Waals surface area contributed by atoms with Crippen LogP contribution in [0.1, 0.15) is 50.2 Å². The summed E-state index contributed by atoms with van der Waals surface area (Å²) >= 11 is 0. The van der Waals surface area contributed by atoms with E-state index in [1.165, 1.54) is 0 Å². The highest BCUT2D eigenvalue weighted by atomic mass is 32.2. The summed E-state index contributed by atoms with van der Waals surface area (Å²) in [5, 5.41) is 3.12. The topological polar surface area (TPSA) is 86.8 Å². The summed E-state index contributed by atoms with van der Waals surface area (Å²) in [6, 6.07) is 16.4. The van der Waals surface area contributed by atoms with Crippen LogP contribution in [0, 0.1) is 6.92 Å². The van der Waals surface area contributed by atoms with Crippen molar-refractivity contribution in [2.24, 2.45) is 0 Å². The van der Waals surface area contributed by atoms with E-state index in [-0.39, 0.29) is 24.4 Å². The van der Waals surface area contributed by atoms with Gasteiger partial charge in [0.2, 0.25) is 21.8 Å². The maximum Gasteiger partial charge on any atom is 0.244 e. The van der Waals surface area contributed by atoms with Crippen LogP contribution < -0.4 is 9.62 Å². The Bertz CT molecular complexity index is 1100. The quantitative estimate of drug-likeness (QED) is 0.511. The molecule has 1 fully saturated rings. The van der Waals surface area contributed by atoms with Gasteiger partial charge in [0.25, 0.3) is 0 Å². The Morgan fingerprint density at radius 3 is 2.26 bits per heavy atom. The predicted octanol–water partition coefficient (Wildman–Crippen LogP) is 3.67. The van der Waals surface area contributed by atoms with E-state index in [9.17, 15) is 18.0 Å². The van der Waals surface area contributed by atoms with Crippen LogP contribution in [0.4, 0.5) is 5.69 Å². The Kier molecular flexibility index (Phi) is 9.32. The lowest BCUT2D eigenvalue weighted by atomic mass is 10.1. The molecule has 1 aliphatic carbocycles. The van der Waals surface area contributed by atoms with Gasteiger partial charge in [-0.1, -0.05) is 68.3 Å². The van der Waals surface area contributed by atoms with Gasteiger partial charge < -0.3 is 10.2 Å². The van der Waals surface area contributed by atoms with E-state index in [2.05, 4.69) is 5.32 Å². The van der Waals surface area contributed by atoms with Crippen molar-refractivity contribution in [3.8, 4) is 0 Å². The van der Waals surface area contributed by atoms with Crippen molar-refractivity contribution in [2.45, 2.75) is 64.5 Å².